The number of rotatable bonds is 0. The van der Waals surface area contributed by atoms with E-state index in [1.54, 1.807) is 0 Å². The summed E-state index contributed by atoms with van der Waals surface area (Å²) < 4.78 is 0. The molecule has 0 saturated carbocycles. The van der Waals surface area contributed by atoms with Gasteiger partial charge >= 0.3 is 41.1 Å². The molecule has 0 saturated heterocycles. The van der Waals surface area contributed by atoms with E-state index >= 15 is 0 Å². The van der Waals surface area contributed by atoms with Crippen LogP contribution >= 0.6 is 0 Å². The fraction of sp³-hybridized carbons (Fsp3) is 0. The van der Waals surface area contributed by atoms with Crippen molar-refractivity contribution >= 4 is 230 Å². The predicted molar refractivity (Wildman–Crippen MR) is 575 cm³/mol. The molecular formula is C120H84B6N6. The number of hydrogen-bond acceptors (Lipinski definition) is 6. The molecule has 132 heavy (non-hydrogen) atoms. The van der Waals surface area contributed by atoms with E-state index in [2.05, 4.69) is 539 Å². The van der Waals surface area contributed by atoms with Gasteiger partial charge in [0.15, 0.2) is 0 Å². The number of para-hydroxylation sites is 2. The van der Waals surface area contributed by atoms with E-state index in [0.717, 1.165) is 0 Å². The van der Waals surface area contributed by atoms with Crippen molar-refractivity contribution in [2.45, 2.75) is 0 Å². The van der Waals surface area contributed by atoms with Gasteiger partial charge < -0.3 is 28.9 Å². The molecule has 12 aliphatic heterocycles. The summed E-state index contributed by atoms with van der Waals surface area (Å²) in [5.41, 5.74) is 24.4. The Morgan fingerprint density at radius 1 is 0.182 bits per heavy atom. The molecule has 0 bridgehead atoms. The van der Waals surface area contributed by atoms with Crippen LogP contribution in [0.15, 0.2) is 468 Å². The Balaban J connectivity index is 0.0000000851. The summed E-state index contributed by atoms with van der Waals surface area (Å²) in [5.74, 6) is 11.4. The maximum Gasteiger partial charge on any atom is 0.328 e. The van der Waals surface area contributed by atoms with Crippen LogP contribution < -0.4 is 47.9 Å². The van der Waals surface area contributed by atoms with E-state index in [1.165, 1.54) is 197 Å². The van der Waals surface area contributed by atoms with Crippen LogP contribution in [-0.4, -0.2) is 60.3 Å². The lowest BCUT2D eigenvalue weighted by atomic mass is 9.45. The van der Waals surface area contributed by atoms with Crippen molar-refractivity contribution < 1.29 is 0 Å². The van der Waals surface area contributed by atoms with Crippen molar-refractivity contribution in [3.63, 3.8) is 0 Å². The normalized spacial score (nSPS) is 15.1. The van der Waals surface area contributed by atoms with Crippen LogP contribution in [0.1, 0.15) is 38.9 Å². The maximum absolute atomic E-state index is 2.37. The third kappa shape index (κ3) is 13.5. The van der Waals surface area contributed by atoms with Gasteiger partial charge in [-0.25, -0.2) is 0 Å². The fourth-order valence-electron chi connectivity index (χ4n) is 22.0. The van der Waals surface area contributed by atoms with Crippen LogP contribution in [0.25, 0.3) is 151 Å². The lowest BCUT2D eigenvalue weighted by Gasteiger charge is -2.36. The second kappa shape index (κ2) is 33.0. The van der Waals surface area contributed by atoms with Gasteiger partial charge in [-0.1, -0.05) is 364 Å². The Labute approximate surface area is 771 Å². The number of fused-ring (bicyclic) bond motifs is 43. The number of hydrogen-bond donors (Lipinski definition) is 0. The average Bonchev–Trinajstić information content (AvgIpc) is 0.735. The van der Waals surface area contributed by atoms with Gasteiger partial charge in [-0.3, -0.25) is 0 Å². The summed E-state index contributed by atoms with van der Waals surface area (Å²) in [4.78, 5) is 13.8. The first-order valence-electron chi connectivity index (χ1n) is 46.0. The van der Waals surface area contributed by atoms with Crippen LogP contribution in [0.2, 0.25) is 0 Å². The van der Waals surface area contributed by atoms with Gasteiger partial charge in [-0.05, 0) is 327 Å². The van der Waals surface area contributed by atoms with Gasteiger partial charge in [0, 0.05) is 16.9 Å². The van der Waals surface area contributed by atoms with Gasteiger partial charge in [0.25, 0.3) is 0 Å². The Hall–Kier alpha value is -16.4. The Morgan fingerprint density at radius 2 is 0.583 bits per heavy atom. The van der Waals surface area contributed by atoms with Gasteiger partial charge in [0.1, 0.15) is 0 Å². The smallest absolute Gasteiger partial charge is 0.328 e. The second-order valence-electron chi connectivity index (χ2n) is 35.3. The van der Waals surface area contributed by atoms with E-state index in [-0.39, 0.29) is 6.85 Å². The Bertz CT molecular complexity index is 8300. The molecule has 0 fully saturated rings. The summed E-state index contributed by atoms with van der Waals surface area (Å²) in [6, 6.07) is 118. The minimum Gasteiger partial charge on any atom is -0.389 e. The Kier molecular flexibility index (Phi) is 19.5. The van der Waals surface area contributed by atoms with Crippen molar-refractivity contribution in [1.29, 1.82) is 0 Å². The summed E-state index contributed by atoms with van der Waals surface area (Å²) in [7, 11) is 0. The monoisotopic (exact) mass is 1670 g/mol. The molecule has 0 aromatic heterocycles. The summed E-state index contributed by atoms with van der Waals surface area (Å²) in [6.45, 7) is 1.80. The Morgan fingerprint density at radius 3 is 1.28 bits per heavy atom. The minimum atomic E-state index is 0.283. The van der Waals surface area contributed by atoms with E-state index in [4.69, 9.17) is 0 Å². The third-order valence-electron chi connectivity index (χ3n) is 28.2. The molecule has 0 unspecified atom stereocenters. The fourth-order valence-corrected chi connectivity index (χ4v) is 22.0. The van der Waals surface area contributed by atoms with E-state index in [9.17, 15) is 0 Å². The van der Waals surface area contributed by atoms with E-state index < -0.39 is 0 Å². The summed E-state index contributed by atoms with van der Waals surface area (Å²) >= 11 is 0. The highest BCUT2D eigenvalue weighted by molar-refractivity contribution is 6.86. The molecule has 612 valence electrons. The first-order valence-corrected chi connectivity index (χ1v) is 46.0. The van der Waals surface area contributed by atoms with Crippen LogP contribution in [0.5, 0.6) is 0 Å². The van der Waals surface area contributed by atoms with Gasteiger partial charge in [-0.2, -0.15) is 0 Å². The molecule has 12 aliphatic rings. The van der Waals surface area contributed by atoms with Crippen LogP contribution in [-0.2, 0) is 0 Å². The highest BCUT2D eigenvalue weighted by Crippen LogP contribution is 2.42. The molecule has 12 heteroatoms. The van der Waals surface area contributed by atoms with Crippen molar-refractivity contribution in [3.05, 3.63) is 507 Å². The molecule has 30 rings (SSSR count). The molecular weight excluding hydrogens is 1590 g/mol. The molecule has 18 aromatic rings. The van der Waals surface area contributed by atoms with Crippen LogP contribution in [0.4, 0.5) is 11.4 Å². The molecule has 0 N–H and O–H groups in total. The lowest BCUT2D eigenvalue weighted by Crippen LogP contribution is -2.56. The standard InChI is InChI=1S/6C20H14BN/c1-3-7-17-15(5-1)9-10-19-18(17)12-14-22-20-8-4-2-6-16(20)11-13-21(19)22;1-3-7-17-15(5-1)9-10-20-18(17)12-14-22-13-11-16-6-2-4-8-19(16)21(20)22;1-2-9-17-15(7-1)16-8-3-4-10-18(16)20-19(17)11-14-22-13-6-5-12-21(20)22;1-2-8-16-15(7-1)11-12-18-20(16)17-9-3-4-10-19(17)22-14-6-5-13-21(18)22;1-2-6-16-15(5-1)7-8-18-17(16)9-10-20-19(18)11-14-22-13-4-3-12-21(20)22;1-2-6-16-14-19-17(13-15(16)5-1)7-8-20-18(19)9-12-22-11-4-3-10-21(20)22/h6*1-14H. The summed E-state index contributed by atoms with van der Waals surface area (Å²) in [5, 5.41) is 23.9. The maximum atomic E-state index is 2.37. The number of nitrogens with zero attached hydrogens (tertiary/aromatic N) is 6. The first-order chi connectivity index (χ1) is 65.5. The van der Waals surface area contributed by atoms with Crippen molar-refractivity contribution in [3.8, 4) is 11.1 Å². The SMILES string of the molecule is C1=CB2c3c(c4ccccc4c4ccccc34)C=CN2C=C1.C1=CB2c3ccc4c(ccc5ccccc54)c3C=CN2C=C1.C1=CB2c3ccc4cc5ccccc5cc4c3C=CN2C=C1.C1=CB2c3ccc4ccccc4c3-c3ccccc3N2C=C1.C1=CN2C=Cc3c(ccc4ccccc34)B2c2ccccc21.C1=Cc2ccccc2N2C=Cc3c(ccc4ccccc34)B12. The quantitative estimate of drug-likeness (QED) is 0.0850. The molecule has 18 aromatic carbocycles. The highest BCUT2D eigenvalue weighted by Gasteiger charge is 2.38. The predicted octanol–water partition coefficient (Wildman–Crippen LogP) is 23.8. The average molecular weight is 1670 g/mol. The van der Waals surface area contributed by atoms with Gasteiger partial charge in [0.2, 0.25) is 0 Å². The van der Waals surface area contributed by atoms with Crippen molar-refractivity contribution in [2.24, 2.45) is 0 Å². The van der Waals surface area contributed by atoms with E-state index in [1.807, 2.05) is 0 Å². The number of benzene rings is 18. The van der Waals surface area contributed by atoms with Crippen molar-refractivity contribution in [1.82, 2.24) is 19.2 Å². The van der Waals surface area contributed by atoms with Crippen molar-refractivity contribution in [2.75, 3.05) is 9.62 Å². The van der Waals surface area contributed by atoms with Crippen LogP contribution in [0.3, 0.4) is 0 Å². The molecule has 0 aliphatic carbocycles. The van der Waals surface area contributed by atoms with Gasteiger partial charge in [-0.15, -0.1) is 0 Å². The largest absolute Gasteiger partial charge is 0.389 e. The molecule has 0 amide bonds. The molecule has 0 spiro atoms. The number of allylic oxidation sites excluding steroid dienone is 8. The molecule has 0 radical (unpaired) electrons. The minimum absolute atomic E-state index is 0.283. The molecule has 0 atom stereocenters. The molecule has 12 heterocycles. The lowest BCUT2D eigenvalue weighted by molar-refractivity contribution is 0.797. The van der Waals surface area contributed by atoms with Gasteiger partial charge in [0.05, 0.1) is 0 Å². The number of anilines is 2. The second-order valence-corrected chi connectivity index (χ2v) is 35.3. The van der Waals surface area contributed by atoms with E-state index in [0.29, 0.717) is 34.2 Å². The zero-order valence-corrected chi connectivity index (χ0v) is 72.6. The topological polar surface area (TPSA) is 19.4 Å². The third-order valence-corrected chi connectivity index (χ3v) is 28.2. The zero-order valence-electron chi connectivity index (χ0n) is 72.6. The highest BCUT2D eigenvalue weighted by atomic mass is 15.1. The van der Waals surface area contributed by atoms with Crippen LogP contribution in [0, 0.1) is 0 Å². The first kappa shape index (κ1) is 77.9. The summed E-state index contributed by atoms with van der Waals surface area (Å²) in [6.07, 6.45) is 54.4. The zero-order chi connectivity index (χ0) is 87.1. The molecule has 6 nitrogen and oxygen atoms in total.